The first-order chi connectivity index (χ1) is 18.5. The van der Waals surface area contributed by atoms with E-state index in [-0.39, 0.29) is 5.91 Å². The van der Waals surface area contributed by atoms with Crippen molar-refractivity contribution in [1.29, 1.82) is 0 Å². The van der Waals surface area contributed by atoms with E-state index >= 15 is 0 Å². The van der Waals surface area contributed by atoms with Crippen molar-refractivity contribution in [3.63, 3.8) is 0 Å². The lowest BCUT2D eigenvalue weighted by Crippen LogP contribution is -2.32. The molecule has 2 aromatic heterocycles. The number of carbonyl (C=O) groups is 1. The van der Waals surface area contributed by atoms with Gasteiger partial charge in [-0.3, -0.25) is 4.79 Å². The van der Waals surface area contributed by atoms with E-state index in [1.54, 1.807) is 6.07 Å². The van der Waals surface area contributed by atoms with Crippen molar-refractivity contribution in [2.45, 2.75) is 26.9 Å². The Hall–Kier alpha value is -4.91. The molecule has 38 heavy (non-hydrogen) atoms. The number of carbonyl (C=O) groups excluding carboxylic acids is 1. The molecule has 2 heterocycles. The number of hydrogen-bond donors (Lipinski definition) is 4. The molecular weight excluding hydrogens is 472 g/mol. The fourth-order valence-electron chi connectivity index (χ4n) is 4.40. The van der Waals surface area contributed by atoms with Crippen molar-refractivity contribution in [3.8, 4) is 0 Å². The number of nitrogen functional groups attached to an aromatic ring is 1. The Balaban J connectivity index is 1.25. The lowest BCUT2D eigenvalue weighted by atomic mass is 10.1. The minimum absolute atomic E-state index is 0.196. The van der Waals surface area contributed by atoms with Gasteiger partial charge < -0.3 is 21.7 Å². The van der Waals surface area contributed by atoms with Crippen LogP contribution in [0.2, 0.25) is 0 Å². The summed E-state index contributed by atoms with van der Waals surface area (Å²) in [6.07, 6.45) is 6.11. The van der Waals surface area contributed by atoms with Crippen LogP contribution in [0.5, 0.6) is 0 Å². The SMILES string of the molecule is CC[n+]1ccc(Nc2ccc(NC(=O)c3ccc(Nc4cc[n+](CC)c5ccccc45)cc3)cc2N)cc1. The molecule has 5 aromatic rings. The van der Waals surface area contributed by atoms with Gasteiger partial charge in [-0.05, 0) is 62.4 Å². The zero-order valence-corrected chi connectivity index (χ0v) is 21.6. The highest BCUT2D eigenvalue weighted by atomic mass is 16.1. The zero-order chi connectivity index (χ0) is 26.5. The second kappa shape index (κ2) is 11.0. The van der Waals surface area contributed by atoms with Crippen LogP contribution in [0.1, 0.15) is 24.2 Å². The number of pyridine rings is 2. The molecule has 5 rings (SSSR count). The summed E-state index contributed by atoms with van der Waals surface area (Å²) in [5.74, 6) is -0.196. The van der Waals surface area contributed by atoms with Crippen LogP contribution >= 0.6 is 0 Å². The molecule has 0 bridgehead atoms. The van der Waals surface area contributed by atoms with Gasteiger partial charge in [-0.2, -0.15) is 4.57 Å². The largest absolute Gasteiger partial charge is 0.397 e. The number of para-hydroxylation sites is 1. The molecule has 190 valence electrons. The number of nitrogens with two attached hydrogens (primary N) is 1. The van der Waals surface area contributed by atoms with Gasteiger partial charge in [-0.1, -0.05) is 12.1 Å². The normalized spacial score (nSPS) is 10.8. The molecule has 0 saturated heterocycles. The molecule has 7 heteroatoms. The number of aromatic nitrogens is 2. The van der Waals surface area contributed by atoms with Gasteiger partial charge in [-0.25, -0.2) is 4.57 Å². The van der Waals surface area contributed by atoms with E-state index in [4.69, 9.17) is 5.73 Å². The van der Waals surface area contributed by atoms with Crippen molar-refractivity contribution in [2.24, 2.45) is 0 Å². The van der Waals surface area contributed by atoms with Gasteiger partial charge in [0.05, 0.1) is 28.1 Å². The van der Waals surface area contributed by atoms with Crippen LogP contribution in [0.4, 0.5) is 34.1 Å². The second-order valence-electron chi connectivity index (χ2n) is 9.03. The Morgan fingerprint density at radius 3 is 2.13 bits per heavy atom. The number of rotatable bonds is 8. The topological polar surface area (TPSA) is 86.9 Å². The first-order valence-corrected chi connectivity index (χ1v) is 12.8. The predicted molar refractivity (Wildman–Crippen MR) is 154 cm³/mol. The number of fused-ring (bicyclic) bond motifs is 1. The average Bonchev–Trinajstić information content (AvgIpc) is 2.95. The van der Waals surface area contributed by atoms with Crippen LogP contribution in [0.3, 0.4) is 0 Å². The maximum atomic E-state index is 12.9. The molecule has 0 spiro atoms. The number of nitrogens with one attached hydrogen (secondary N) is 3. The van der Waals surface area contributed by atoms with Gasteiger partial charge >= 0.3 is 0 Å². The minimum atomic E-state index is -0.196. The van der Waals surface area contributed by atoms with Crippen LogP contribution in [0.25, 0.3) is 10.9 Å². The van der Waals surface area contributed by atoms with Gasteiger partial charge in [0.15, 0.2) is 18.6 Å². The lowest BCUT2D eigenvalue weighted by molar-refractivity contribution is -0.693. The van der Waals surface area contributed by atoms with Crippen molar-refractivity contribution in [1.82, 2.24) is 0 Å². The van der Waals surface area contributed by atoms with Crippen LogP contribution in [0.15, 0.2) is 104 Å². The van der Waals surface area contributed by atoms with E-state index in [2.05, 4.69) is 63.3 Å². The van der Waals surface area contributed by atoms with Crippen molar-refractivity contribution in [2.75, 3.05) is 21.7 Å². The Bertz CT molecular complexity index is 1580. The van der Waals surface area contributed by atoms with E-state index in [0.29, 0.717) is 16.9 Å². The van der Waals surface area contributed by atoms with Gasteiger partial charge in [0.1, 0.15) is 13.1 Å². The van der Waals surface area contributed by atoms with Crippen molar-refractivity contribution >= 4 is 50.9 Å². The van der Waals surface area contributed by atoms with E-state index in [9.17, 15) is 4.79 Å². The maximum Gasteiger partial charge on any atom is 0.255 e. The van der Waals surface area contributed by atoms with Gasteiger partial charge in [0, 0.05) is 41.2 Å². The van der Waals surface area contributed by atoms with Crippen LogP contribution in [-0.4, -0.2) is 5.91 Å². The zero-order valence-electron chi connectivity index (χ0n) is 21.6. The average molecular weight is 505 g/mol. The monoisotopic (exact) mass is 504 g/mol. The highest BCUT2D eigenvalue weighted by Crippen LogP contribution is 2.27. The third-order valence-corrected chi connectivity index (χ3v) is 6.54. The predicted octanol–water partition coefficient (Wildman–Crippen LogP) is 5.78. The summed E-state index contributed by atoms with van der Waals surface area (Å²) in [6.45, 7) is 6.05. The number of anilines is 6. The summed E-state index contributed by atoms with van der Waals surface area (Å²) in [5, 5.41) is 10.9. The number of nitrogens with zero attached hydrogens (tertiary/aromatic N) is 2. The van der Waals surface area contributed by atoms with Gasteiger partial charge in [0.25, 0.3) is 5.91 Å². The van der Waals surface area contributed by atoms with Gasteiger partial charge in [-0.15, -0.1) is 0 Å². The van der Waals surface area contributed by atoms with Crippen LogP contribution in [0, 0.1) is 0 Å². The smallest absolute Gasteiger partial charge is 0.255 e. The van der Waals surface area contributed by atoms with E-state index in [1.165, 1.54) is 5.52 Å². The third kappa shape index (κ3) is 5.42. The van der Waals surface area contributed by atoms with Crippen LogP contribution in [-0.2, 0) is 13.1 Å². The van der Waals surface area contributed by atoms with E-state index < -0.39 is 0 Å². The second-order valence-corrected chi connectivity index (χ2v) is 9.03. The standard InChI is InChI=1S/C31H30N6O/c1-3-36-18-15-24(16-19-36)34-29-14-13-25(21-27(29)32)35-31(38)22-9-11-23(12-10-22)33-28-17-20-37(4-2)30-8-6-5-7-26(28)30/h5-21H,3-4,32H2,1-2H3,(H,35,38)/p+2. The first kappa shape index (κ1) is 24.8. The summed E-state index contributed by atoms with van der Waals surface area (Å²) in [4.78, 5) is 12.9. The Labute approximate surface area is 222 Å². The first-order valence-electron chi connectivity index (χ1n) is 12.8. The molecule has 0 aliphatic rings. The molecule has 0 saturated carbocycles. The maximum absolute atomic E-state index is 12.9. The molecule has 0 aliphatic carbocycles. The summed E-state index contributed by atoms with van der Waals surface area (Å²) >= 11 is 0. The quantitative estimate of drug-likeness (QED) is 0.159. The molecule has 3 aromatic carbocycles. The van der Waals surface area contributed by atoms with Gasteiger partial charge in [0.2, 0.25) is 5.52 Å². The molecule has 0 atom stereocenters. The van der Waals surface area contributed by atoms with Crippen LogP contribution < -0.4 is 30.8 Å². The lowest BCUT2D eigenvalue weighted by Gasteiger charge is -2.12. The highest BCUT2D eigenvalue weighted by molar-refractivity contribution is 6.05. The number of hydrogen-bond acceptors (Lipinski definition) is 4. The molecule has 1 amide bonds. The Morgan fingerprint density at radius 2 is 1.42 bits per heavy atom. The number of benzene rings is 3. The minimum Gasteiger partial charge on any atom is -0.397 e. The summed E-state index contributed by atoms with van der Waals surface area (Å²) in [7, 11) is 0. The fourth-order valence-corrected chi connectivity index (χ4v) is 4.40. The highest BCUT2D eigenvalue weighted by Gasteiger charge is 2.12. The fraction of sp³-hybridized carbons (Fsp3) is 0.129. The van der Waals surface area contributed by atoms with E-state index in [0.717, 1.165) is 41.2 Å². The molecule has 0 fully saturated rings. The third-order valence-electron chi connectivity index (χ3n) is 6.54. The number of aryl methyl sites for hydroxylation is 2. The summed E-state index contributed by atoms with van der Waals surface area (Å²) in [5.41, 5.74) is 12.8. The summed E-state index contributed by atoms with van der Waals surface area (Å²) in [6, 6.07) is 27.3. The Kier molecular flexibility index (Phi) is 7.17. The summed E-state index contributed by atoms with van der Waals surface area (Å²) < 4.78 is 4.30. The van der Waals surface area contributed by atoms with Crippen molar-refractivity contribution < 1.29 is 13.9 Å². The molecule has 7 nitrogen and oxygen atoms in total. The molecular formula is C31H32N6O+2. The Morgan fingerprint density at radius 1 is 0.737 bits per heavy atom. The number of amides is 1. The molecule has 0 unspecified atom stereocenters. The molecule has 5 N–H and O–H groups in total. The van der Waals surface area contributed by atoms with E-state index in [1.807, 2.05) is 73.1 Å². The van der Waals surface area contributed by atoms with Crippen molar-refractivity contribution in [3.05, 3.63) is 109 Å². The molecule has 0 radical (unpaired) electrons. The molecule has 0 aliphatic heterocycles.